The van der Waals surface area contributed by atoms with Crippen molar-refractivity contribution in [2.75, 3.05) is 5.33 Å². The third-order valence-corrected chi connectivity index (χ3v) is 4.77. The van der Waals surface area contributed by atoms with Crippen LogP contribution in [0.5, 0.6) is 0 Å². The Morgan fingerprint density at radius 1 is 1.29 bits per heavy atom. The lowest BCUT2D eigenvalue weighted by Crippen LogP contribution is -2.46. The van der Waals surface area contributed by atoms with Crippen LogP contribution < -0.4 is 5.32 Å². The maximum atomic E-state index is 12.1. The van der Waals surface area contributed by atoms with Gasteiger partial charge in [0.15, 0.2) is 0 Å². The molecule has 0 saturated heterocycles. The molecule has 0 fully saturated rings. The van der Waals surface area contributed by atoms with Crippen LogP contribution in [0.4, 0.5) is 0 Å². The molecule has 1 rings (SSSR count). The minimum Gasteiger partial charge on any atom is -0.346 e. The van der Waals surface area contributed by atoms with Crippen molar-refractivity contribution >= 4 is 53.7 Å². The van der Waals surface area contributed by atoms with Crippen molar-refractivity contribution in [1.82, 2.24) is 5.32 Å². The van der Waals surface area contributed by atoms with E-state index in [1.54, 1.807) is 0 Å². The van der Waals surface area contributed by atoms with E-state index >= 15 is 0 Å². The Bertz CT molecular complexity index is 396. The zero-order valence-electron chi connectivity index (χ0n) is 9.69. The highest BCUT2D eigenvalue weighted by Gasteiger charge is 2.23. The molecule has 17 heavy (non-hydrogen) atoms. The van der Waals surface area contributed by atoms with Crippen LogP contribution in [0.2, 0.25) is 0 Å². The van der Waals surface area contributed by atoms with Crippen molar-refractivity contribution in [3.05, 3.63) is 32.7 Å². The Morgan fingerprint density at radius 3 is 2.24 bits per heavy atom. The van der Waals surface area contributed by atoms with Crippen LogP contribution in [0.1, 0.15) is 30.6 Å². The summed E-state index contributed by atoms with van der Waals surface area (Å²) in [5.41, 5.74) is 0.429. The molecule has 0 aliphatic heterocycles. The van der Waals surface area contributed by atoms with Crippen molar-refractivity contribution in [3.8, 4) is 0 Å². The van der Waals surface area contributed by atoms with Gasteiger partial charge in [-0.3, -0.25) is 4.79 Å². The highest BCUT2D eigenvalue weighted by molar-refractivity contribution is 9.11. The molecular formula is C12H14Br3NO. The number of halogens is 3. The van der Waals surface area contributed by atoms with Gasteiger partial charge in [-0.05, 0) is 31.5 Å². The molecule has 0 aliphatic carbocycles. The molecular weight excluding hydrogens is 414 g/mol. The summed E-state index contributed by atoms with van der Waals surface area (Å²) in [6, 6.07) is 5.52. The van der Waals surface area contributed by atoms with Gasteiger partial charge in [-0.15, -0.1) is 0 Å². The van der Waals surface area contributed by atoms with E-state index in [1.807, 2.05) is 25.1 Å². The summed E-state index contributed by atoms with van der Waals surface area (Å²) < 4.78 is 1.77. The predicted octanol–water partition coefficient (Wildman–Crippen LogP) is 4.51. The largest absolute Gasteiger partial charge is 0.346 e. The lowest BCUT2D eigenvalue weighted by molar-refractivity contribution is 0.0913. The van der Waals surface area contributed by atoms with Crippen LogP contribution in [0.3, 0.4) is 0 Å². The third-order valence-electron chi connectivity index (χ3n) is 2.62. The smallest absolute Gasteiger partial charge is 0.251 e. The van der Waals surface area contributed by atoms with Crippen LogP contribution in [0.15, 0.2) is 27.1 Å². The van der Waals surface area contributed by atoms with E-state index in [0.717, 1.165) is 20.7 Å². The van der Waals surface area contributed by atoms with E-state index in [4.69, 9.17) is 0 Å². The van der Waals surface area contributed by atoms with Gasteiger partial charge in [-0.1, -0.05) is 54.7 Å². The van der Waals surface area contributed by atoms with Crippen LogP contribution >= 0.6 is 47.8 Å². The first kappa shape index (κ1) is 15.2. The minimum atomic E-state index is -0.216. The lowest BCUT2D eigenvalue weighted by Gasteiger charge is -2.27. The quantitative estimate of drug-likeness (QED) is 0.704. The number of nitrogens with one attached hydrogen (secondary N) is 1. The number of benzene rings is 1. The van der Waals surface area contributed by atoms with Gasteiger partial charge in [-0.2, -0.15) is 0 Å². The van der Waals surface area contributed by atoms with Crippen LogP contribution in [-0.2, 0) is 0 Å². The molecule has 1 N–H and O–H groups in total. The van der Waals surface area contributed by atoms with E-state index in [2.05, 4.69) is 60.0 Å². The monoisotopic (exact) mass is 425 g/mol. The Labute approximate surface area is 127 Å². The van der Waals surface area contributed by atoms with Crippen molar-refractivity contribution < 1.29 is 4.79 Å². The Kier molecular flexibility index (Phi) is 5.67. The molecule has 0 aromatic heterocycles. The number of carbonyl (C=O) groups is 1. The van der Waals surface area contributed by atoms with Crippen LogP contribution in [-0.4, -0.2) is 16.8 Å². The van der Waals surface area contributed by atoms with Gasteiger partial charge in [-0.25, -0.2) is 0 Å². The minimum absolute atomic E-state index is 0.0594. The van der Waals surface area contributed by atoms with Gasteiger partial charge in [0.05, 0.1) is 0 Å². The van der Waals surface area contributed by atoms with Crippen LogP contribution in [0.25, 0.3) is 0 Å². The van der Waals surface area contributed by atoms with E-state index in [9.17, 15) is 4.79 Å². The fourth-order valence-electron chi connectivity index (χ4n) is 1.25. The molecule has 0 spiro atoms. The average molecular weight is 428 g/mol. The highest BCUT2D eigenvalue weighted by Crippen LogP contribution is 2.21. The predicted molar refractivity (Wildman–Crippen MR) is 81.8 cm³/mol. The van der Waals surface area contributed by atoms with Gasteiger partial charge in [0.2, 0.25) is 0 Å². The van der Waals surface area contributed by atoms with E-state index in [0.29, 0.717) is 5.56 Å². The standard InChI is InChI=1S/C12H14Br3NO/c1-3-12(2,7-13)16-11(17)8-4-9(14)6-10(15)5-8/h4-6H,3,7H2,1-2H3,(H,16,17). The molecule has 0 heterocycles. The van der Waals surface area contributed by atoms with Gasteiger partial charge < -0.3 is 5.32 Å². The number of hydrogen-bond donors (Lipinski definition) is 1. The fourth-order valence-corrected chi connectivity index (χ4v) is 3.08. The SMILES string of the molecule is CCC(C)(CBr)NC(=O)c1cc(Br)cc(Br)c1. The van der Waals surface area contributed by atoms with Gasteiger partial charge in [0.1, 0.15) is 0 Å². The number of carbonyl (C=O) groups excluding carboxylic acids is 1. The maximum Gasteiger partial charge on any atom is 0.251 e. The van der Waals surface area contributed by atoms with E-state index in [-0.39, 0.29) is 11.4 Å². The second kappa shape index (κ2) is 6.34. The van der Waals surface area contributed by atoms with Crippen LogP contribution in [0, 0.1) is 0 Å². The summed E-state index contributed by atoms with van der Waals surface area (Å²) in [6.45, 7) is 4.07. The van der Waals surface area contributed by atoms with Crippen molar-refractivity contribution in [2.24, 2.45) is 0 Å². The number of rotatable bonds is 4. The first-order chi connectivity index (χ1) is 7.90. The molecule has 0 radical (unpaired) electrons. The maximum absolute atomic E-state index is 12.1. The summed E-state index contributed by atoms with van der Waals surface area (Å²) in [6.07, 6.45) is 0.874. The molecule has 5 heteroatoms. The van der Waals surface area contributed by atoms with E-state index < -0.39 is 0 Å². The highest BCUT2D eigenvalue weighted by atomic mass is 79.9. The fraction of sp³-hybridized carbons (Fsp3) is 0.417. The molecule has 2 nitrogen and oxygen atoms in total. The molecule has 1 aromatic rings. The number of alkyl halides is 1. The summed E-state index contributed by atoms with van der Waals surface area (Å²) in [5.74, 6) is -0.0594. The normalized spacial score (nSPS) is 14.2. The van der Waals surface area contributed by atoms with Gasteiger partial charge in [0, 0.05) is 25.4 Å². The third kappa shape index (κ3) is 4.38. The first-order valence-corrected chi connectivity index (χ1v) is 7.95. The molecule has 1 atom stereocenters. The van der Waals surface area contributed by atoms with E-state index in [1.165, 1.54) is 0 Å². The second-order valence-corrected chi connectivity index (χ2v) is 6.55. The van der Waals surface area contributed by atoms with Crippen molar-refractivity contribution in [3.63, 3.8) is 0 Å². The van der Waals surface area contributed by atoms with Crippen molar-refractivity contribution in [1.29, 1.82) is 0 Å². The first-order valence-electron chi connectivity index (χ1n) is 5.25. The summed E-state index contributed by atoms with van der Waals surface area (Å²) in [5, 5.41) is 3.77. The summed E-state index contributed by atoms with van der Waals surface area (Å²) in [4.78, 5) is 12.1. The Morgan fingerprint density at radius 2 is 1.82 bits per heavy atom. The molecule has 1 aromatic carbocycles. The summed E-state index contributed by atoms with van der Waals surface area (Å²) in [7, 11) is 0. The molecule has 0 saturated carbocycles. The summed E-state index contributed by atoms with van der Waals surface area (Å²) >= 11 is 10.2. The second-order valence-electron chi connectivity index (χ2n) is 4.16. The van der Waals surface area contributed by atoms with Gasteiger partial charge in [0.25, 0.3) is 5.91 Å². The molecule has 1 amide bonds. The Balaban J connectivity index is 2.90. The molecule has 0 aliphatic rings. The zero-order valence-corrected chi connectivity index (χ0v) is 14.4. The van der Waals surface area contributed by atoms with Crippen molar-refractivity contribution in [2.45, 2.75) is 25.8 Å². The number of hydrogen-bond acceptors (Lipinski definition) is 1. The Hall–Kier alpha value is 0.130. The van der Waals surface area contributed by atoms with Gasteiger partial charge >= 0.3 is 0 Å². The molecule has 0 bridgehead atoms. The topological polar surface area (TPSA) is 29.1 Å². The number of amides is 1. The average Bonchev–Trinajstić information content (AvgIpc) is 2.27. The lowest BCUT2D eigenvalue weighted by atomic mass is 10.0. The molecule has 94 valence electrons. The molecule has 1 unspecified atom stereocenters. The zero-order chi connectivity index (χ0) is 13.1.